The number of nitrogens with one attached hydrogen (secondary N) is 1. The molecular weight excluding hydrogens is 203 g/mol. The van der Waals surface area contributed by atoms with Crippen LogP contribution in [-0.2, 0) is 0 Å². The largest absolute Gasteiger partial charge is 0.412 e. The molecule has 2 radical (unpaired) electrons. The predicted octanol–water partition coefficient (Wildman–Crippen LogP) is -0.0304. The fraction of sp³-hybridized carbons (Fsp3) is 0. The first-order chi connectivity index (χ1) is 6.84. The molecule has 0 fully saturated rings. The lowest BCUT2D eigenvalue weighted by atomic mass is 9.96. The van der Waals surface area contributed by atoms with E-state index >= 15 is 0 Å². The van der Waals surface area contributed by atoms with E-state index in [1.165, 1.54) is 0 Å². The van der Waals surface area contributed by atoms with Crippen LogP contribution in [-0.4, -0.2) is 23.8 Å². The zero-order valence-electron chi connectivity index (χ0n) is 8.64. The Balaban J connectivity index is 0.00000112. The maximum absolute atomic E-state index is 5.65. The molecule has 2 rings (SSSR count). The molecule has 16 heavy (non-hydrogen) atoms. The standard InChI is InChI=1S/C11H9BN2.2H2O/c12-9-4-3-5-10(8-9)14-11-6-1-2-7-13-11;;/h1-8H,(H,13,14);2*1H2. The first kappa shape index (κ1) is 14.2. The highest BCUT2D eigenvalue weighted by Crippen LogP contribution is 2.11. The molecular formula is C11H13BN2O2. The molecule has 1 aromatic carbocycles. The Hall–Kier alpha value is -1.85. The predicted molar refractivity (Wildman–Crippen MR) is 66.6 cm³/mol. The second-order valence-corrected chi connectivity index (χ2v) is 2.97. The Morgan fingerprint density at radius 3 is 2.44 bits per heavy atom. The van der Waals surface area contributed by atoms with Crippen molar-refractivity contribution in [1.29, 1.82) is 0 Å². The first-order valence-corrected chi connectivity index (χ1v) is 4.38. The molecule has 0 amide bonds. The number of benzene rings is 1. The third-order valence-electron chi connectivity index (χ3n) is 1.82. The van der Waals surface area contributed by atoms with Crippen molar-refractivity contribution in [3.63, 3.8) is 0 Å². The van der Waals surface area contributed by atoms with E-state index in [-0.39, 0.29) is 11.0 Å². The summed E-state index contributed by atoms with van der Waals surface area (Å²) in [7, 11) is 5.65. The summed E-state index contributed by atoms with van der Waals surface area (Å²) in [6, 6.07) is 13.3. The maximum atomic E-state index is 5.65. The van der Waals surface area contributed by atoms with E-state index in [9.17, 15) is 0 Å². The molecule has 0 aliphatic heterocycles. The Morgan fingerprint density at radius 2 is 1.81 bits per heavy atom. The van der Waals surface area contributed by atoms with Crippen LogP contribution in [0, 0.1) is 0 Å². The van der Waals surface area contributed by atoms with Gasteiger partial charge in [0.15, 0.2) is 0 Å². The molecule has 1 heterocycles. The van der Waals surface area contributed by atoms with E-state index in [2.05, 4.69) is 10.3 Å². The summed E-state index contributed by atoms with van der Waals surface area (Å²) in [6.45, 7) is 0. The van der Waals surface area contributed by atoms with Gasteiger partial charge in [0, 0.05) is 11.9 Å². The molecule has 0 spiro atoms. The third-order valence-corrected chi connectivity index (χ3v) is 1.82. The molecule has 0 aliphatic rings. The lowest BCUT2D eigenvalue weighted by molar-refractivity contribution is 0.823. The summed E-state index contributed by atoms with van der Waals surface area (Å²) in [5.41, 5.74) is 1.69. The Bertz CT molecular complexity index is 423. The molecule has 0 aliphatic carbocycles. The van der Waals surface area contributed by atoms with Gasteiger partial charge in [0.2, 0.25) is 0 Å². The minimum absolute atomic E-state index is 0. The Labute approximate surface area is 95.4 Å². The monoisotopic (exact) mass is 216 g/mol. The molecule has 0 saturated heterocycles. The molecule has 0 bridgehead atoms. The number of hydrogen-bond acceptors (Lipinski definition) is 2. The van der Waals surface area contributed by atoms with E-state index in [4.69, 9.17) is 7.85 Å². The SMILES string of the molecule is O.O.[B]c1cccc(Nc2ccccn2)c1. The summed E-state index contributed by atoms with van der Waals surface area (Å²) in [5, 5.41) is 3.15. The van der Waals surface area contributed by atoms with Gasteiger partial charge in [0.05, 0.1) is 0 Å². The zero-order valence-corrected chi connectivity index (χ0v) is 8.64. The number of aromatic nitrogens is 1. The van der Waals surface area contributed by atoms with Gasteiger partial charge in [0.1, 0.15) is 13.7 Å². The van der Waals surface area contributed by atoms with Gasteiger partial charge in [-0.15, -0.1) is 0 Å². The molecule has 0 unspecified atom stereocenters. The highest BCUT2D eigenvalue weighted by atomic mass is 16.0. The molecule has 0 atom stereocenters. The average Bonchev–Trinajstić information content (AvgIpc) is 2.19. The van der Waals surface area contributed by atoms with Crippen LogP contribution >= 0.6 is 0 Å². The summed E-state index contributed by atoms with van der Waals surface area (Å²) in [6.07, 6.45) is 1.74. The lowest BCUT2D eigenvalue weighted by Gasteiger charge is -2.05. The zero-order chi connectivity index (χ0) is 9.80. The second kappa shape index (κ2) is 6.60. The first-order valence-electron chi connectivity index (χ1n) is 4.38. The molecule has 5 N–H and O–H groups in total. The fourth-order valence-corrected chi connectivity index (χ4v) is 1.20. The van der Waals surface area contributed by atoms with Crippen molar-refractivity contribution >= 4 is 24.8 Å². The van der Waals surface area contributed by atoms with Crippen LogP contribution in [0.5, 0.6) is 0 Å². The highest BCUT2D eigenvalue weighted by Gasteiger charge is 1.93. The lowest BCUT2D eigenvalue weighted by Crippen LogP contribution is -2.02. The molecule has 5 heteroatoms. The van der Waals surface area contributed by atoms with Crippen LogP contribution in [0.1, 0.15) is 0 Å². The van der Waals surface area contributed by atoms with Crippen LogP contribution in [0.3, 0.4) is 0 Å². The van der Waals surface area contributed by atoms with Crippen molar-refractivity contribution in [2.75, 3.05) is 5.32 Å². The van der Waals surface area contributed by atoms with Gasteiger partial charge in [0.25, 0.3) is 0 Å². The van der Waals surface area contributed by atoms with Gasteiger partial charge in [-0.3, -0.25) is 0 Å². The topological polar surface area (TPSA) is 87.9 Å². The van der Waals surface area contributed by atoms with E-state index in [1.807, 2.05) is 42.5 Å². The van der Waals surface area contributed by atoms with Gasteiger partial charge in [-0.1, -0.05) is 23.7 Å². The van der Waals surface area contributed by atoms with Crippen molar-refractivity contribution in [1.82, 2.24) is 4.98 Å². The Morgan fingerprint density at radius 1 is 1.00 bits per heavy atom. The van der Waals surface area contributed by atoms with E-state index in [0.29, 0.717) is 0 Å². The number of anilines is 2. The van der Waals surface area contributed by atoms with Crippen molar-refractivity contribution in [2.24, 2.45) is 0 Å². The van der Waals surface area contributed by atoms with Crippen LogP contribution in [0.4, 0.5) is 11.5 Å². The minimum atomic E-state index is 0. The quantitative estimate of drug-likeness (QED) is 0.714. The van der Waals surface area contributed by atoms with Crippen LogP contribution in [0.25, 0.3) is 0 Å². The average molecular weight is 216 g/mol. The number of pyridine rings is 1. The number of nitrogens with zero attached hydrogens (tertiary/aromatic N) is 1. The van der Waals surface area contributed by atoms with E-state index in [0.717, 1.165) is 17.0 Å². The number of hydrogen-bond donors (Lipinski definition) is 1. The highest BCUT2D eigenvalue weighted by molar-refractivity contribution is 6.32. The fourth-order valence-electron chi connectivity index (χ4n) is 1.20. The molecule has 0 saturated carbocycles. The van der Waals surface area contributed by atoms with Crippen molar-refractivity contribution in [2.45, 2.75) is 0 Å². The van der Waals surface area contributed by atoms with Gasteiger partial charge in [-0.2, -0.15) is 0 Å². The van der Waals surface area contributed by atoms with Crippen LogP contribution in [0.2, 0.25) is 0 Å². The van der Waals surface area contributed by atoms with Crippen molar-refractivity contribution < 1.29 is 11.0 Å². The summed E-state index contributed by atoms with van der Waals surface area (Å²) >= 11 is 0. The molecule has 2 aromatic rings. The normalized spacial score (nSPS) is 8.50. The van der Waals surface area contributed by atoms with Gasteiger partial charge in [-0.25, -0.2) is 4.98 Å². The summed E-state index contributed by atoms with van der Waals surface area (Å²) in [4.78, 5) is 4.15. The van der Waals surface area contributed by atoms with E-state index in [1.54, 1.807) is 6.20 Å². The molecule has 4 nitrogen and oxygen atoms in total. The maximum Gasteiger partial charge on any atom is 0.130 e. The van der Waals surface area contributed by atoms with Crippen LogP contribution in [0.15, 0.2) is 48.7 Å². The van der Waals surface area contributed by atoms with Gasteiger partial charge in [-0.05, 0) is 24.3 Å². The third kappa shape index (κ3) is 3.72. The molecule has 82 valence electrons. The minimum Gasteiger partial charge on any atom is -0.412 e. The van der Waals surface area contributed by atoms with Gasteiger partial charge < -0.3 is 16.3 Å². The second-order valence-electron chi connectivity index (χ2n) is 2.97. The van der Waals surface area contributed by atoms with E-state index < -0.39 is 0 Å². The summed E-state index contributed by atoms with van der Waals surface area (Å²) < 4.78 is 0. The van der Waals surface area contributed by atoms with Gasteiger partial charge >= 0.3 is 0 Å². The Kier molecular flexibility index (Phi) is 5.84. The van der Waals surface area contributed by atoms with Crippen molar-refractivity contribution in [3.8, 4) is 0 Å². The van der Waals surface area contributed by atoms with Crippen LogP contribution < -0.4 is 10.8 Å². The van der Waals surface area contributed by atoms with Crippen molar-refractivity contribution in [3.05, 3.63) is 48.7 Å². The smallest absolute Gasteiger partial charge is 0.130 e. The number of rotatable bonds is 2. The summed E-state index contributed by atoms with van der Waals surface area (Å²) in [5.74, 6) is 0.818. The molecule has 1 aromatic heterocycles.